The van der Waals surface area contributed by atoms with Crippen molar-refractivity contribution < 1.29 is 0 Å². The number of nitrogens with one attached hydrogen (secondary N) is 2. The lowest BCUT2D eigenvalue weighted by Crippen LogP contribution is -2.21. The van der Waals surface area contributed by atoms with Crippen molar-refractivity contribution in [3.63, 3.8) is 0 Å². The maximum Gasteiger partial charge on any atom is 0.144 e. The molecule has 0 unspecified atom stereocenters. The van der Waals surface area contributed by atoms with Gasteiger partial charge in [-0.2, -0.15) is 0 Å². The summed E-state index contributed by atoms with van der Waals surface area (Å²) < 4.78 is 0. The second-order valence-electron chi connectivity index (χ2n) is 3.23. The normalized spacial score (nSPS) is 15.4. The molecule has 0 saturated carbocycles. The van der Waals surface area contributed by atoms with Crippen LogP contribution in [0, 0.1) is 0 Å². The van der Waals surface area contributed by atoms with Crippen LogP contribution in [0.2, 0.25) is 0 Å². The van der Waals surface area contributed by atoms with Crippen LogP contribution in [0.3, 0.4) is 0 Å². The van der Waals surface area contributed by atoms with Crippen LogP contribution in [0.15, 0.2) is 20.9 Å². The zero-order chi connectivity index (χ0) is 11.3. The molecule has 0 atom stereocenters. The molecule has 1 aromatic rings. The average molecular weight is 220 g/mol. The Balaban J connectivity index is 2.38. The molecule has 0 fully saturated rings. The summed E-state index contributed by atoms with van der Waals surface area (Å²) in [7, 11) is 0. The van der Waals surface area contributed by atoms with E-state index in [4.69, 9.17) is 17.2 Å². The number of nitrogens with zero attached hydrogens (tertiary/aromatic N) is 5. The first-order chi connectivity index (χ1) is 7.70. The third-order valence-corrected chi connectivity index (χ3v) is 2.38. The van der Waals surface area contributed by atoms with Crippen LogP contribution in [0.1, 0.15) is 0 Å². The summed E-state index contributed by atoms with van der Waals surface area (Å²) in [6.07, 6.45) is 0. The van der Waals surface area contributed by atoms with Crippen molar-refractivity contribution in [1.82, 2.24) is 0 Å². The van der Waals surface area contributed by atoms with Gasteiger partial charge >= 0.3 is 0 Å². The first kappa shape index (κ1) is 8.52. The van der Waals surface area contributed by atoms with E-state index >= 15 is 0 Å². The molecule has 2 heterocycles. The van der Waals surface area contributed by atoms with Gasteiger partial charge in [0.25, 0.3) is 0 Å². The second-order valence-corrected chi connectivity index (χ2v) is 3.23. The van der Waals surface area contributed by atoms with Gasteiger partial charge in [-0.3, -0.25) is 10.9 Å². The van der Waals surface area contributed by atoms with Crippen molar-refractivity contribution in [2.75, 3.05) is 33.2 Å². The average Bonchev–Trinajstić information content (AvgIpc) is 2.33. The summed E-state index contributed by atoms with van der Waals surface area (Å²) in [5.41, 5.74) is 25.1. The quantitative estimate of drug-likeness (QED) is 0.404. The minimum atomic E-state index is 0.267. The van der Waals surface area contributed by atoms with E-state index < -0.39 is 0 Å². The molecular formula is C6H8N10. The molecule has 0 radical (unpaired) electrons. The lowest BCUT2D eigenvalue weighted by molar-refractivity contribution is 0.750. The highest BCUT2D eigenvalue weighted by Gasteiger charge is 2.29. The predicted molar refractivity (Wildman–Crippen MR) is 59.1 cm³/mol. The number of nitrogens with two attached hydrogens (primary N) is 3. The minimum Gasteiger partial charge on any atom is -0.395 e. The Morgan fingerprint density at radius 2 is 1.31 bits per heavy atom. The third kappa shape index (κ3) is 0.846. The van der Waals surface area contributed by atoms with Gasteiger partial charge in [-0.25, -0.2) is 0 Å². The van der Waals surface area contributed by atoms with Crippen LogP contribution in [0.5, 0.6) is 0 Å². The van der Waals surface area contributed by atoms with Gasteiger partial charge in [-0.05, 0) is 20.9 Å². The summed E-state index contributed by atoms with van der Waals surface area (Å²) in [5.74, 6) is 0. The van der Waals surface area contributed by atoms with Crippen molar-refractivity contribution in [2.24, 2.45) is 20.9 Å². The van der Waals surface area contributed by atoms with Crippen LogP contribution >= 0.6 is 0 Å². The Hall–Kier alpha value is -2.78. The monoisotopic (exact) mass is 220 g/mol. The third-order valence-electron chi connectivity index (χ3n) is 2.38. The summed E-state index contributed by atoms with van der Waals surface area (Å²) in [5, 5.41) is 15.9. The van der Waals surface area contributed by atoms with Crippen molar-refractivity contribution in [2.45, 2.75) is 0 Å². The molecule has 82 valence electrons. The van der Waals surface area contributed by atoms with E-state index in [0.717, 1.165) is 0 Å². The molecule has 2 aliphatic rings. The van der Waals surface area contributed by atoms with E-state index in [-0.39, 0.29) is 5.69 Å². The highest BCUT2D eigenvalue weighted by molar-refractivity contribution is 6.05. The predicted octanol–water partition coefficient (Wildman–Crippen LogP) is 0.655. The topological polar surface area (TPSA) is 155 Å². The number of benzene rings is 1. The number of rotatable bonds is 0. The van der Waals surface area contributed by atoms with E-state index in [1.165, 1.54) is 5.12 Å². The smallest absolute Gasteiger partial charge is 0.144 e. The molecule has 0 aromatic heterocycles. The first-order valence-corrected chi connectivity index (χ1v) is 4.34. The summed E-state index contributed by atoms with van der Waals surface area (Å²) >= 11 is 0. The van der Waals surface area contributed by atoms with Gasteiger partial charge in [0.2, 0.25) is 0 Å². The summed E-state index contributed by atoms with van der Waals surface area (Å²) in [6.45, 7) is 0. The molecule has 16 heavy (non-hydrogen) atoms. The molecule has 0 spiro atoms. The Kier molecular flexibility index (Phi) is 1.40. The lowest BCUT2D eigenvalue weighted by atomic mass is 10.1. The fourth-order valence-corrected chi connectivity index (χ4v) is 1.56. The van der Waals surface area contributed by atoms with Crippen molar-refractivity contribution in [3.8, 4) is 0 Å². The Morgan fingerprint density at radius 1 is 0.812 bits per heavy atom. The van der Waals surface area contributed by atoms with Gasteiger partial charge < -0.3 is 17.2 Å². The molecular weight excluding hydrogens is 212 g/mol. The van der Waals surface area contributed by atoms with Gasteiger partial charge in [-0.1, -0.05) is 0 Å². The molecule has 3 rings (SSSR count). The largest absolute Gasteiger partial charge is 0.395 e. The van der Waals surface area contributed by atoms with Gasteiger partial charge in [0, 0.05) is 0 Å². The number of hydrogen-bond acceptors (Lipinski definition) is 10. The van der Waals surface area contributed by atoms with Crippen molar-refractivity contribution in [1.29, 1.82) is 0 Å². The molecule has 1 aromatic carbocycles. The number of hydrogen-bond donors (Lipinski definition) is 5. The van der Waals surface area contributed by atoms with Crippen LogP contribution in [0.25, 0.3) is 0 Å². The standard InChI is InChI=1S/C6H8N10/c7-1-2(8)4-6-5(3(1)9)11-13-15-16(6)14-12-10-4/h7-9H2,(H,10,14)(H,11,15). The molecule has 8 N–H and O–H groups in total. The molecule has 0 aliphatic carbocycles. The SMILES string of the molecule is Nc1c(N)c2c3c(c1N)NN=NN3N=NN2. The van der Waals surface area contributed by atoms with Crippen molar-refractivity contribution >= 4 is 34.1 Å². The van der Waals surface area contributed by atoms with Crippen LogP contribution in [-0.4, -0.2) is 0 Å². The van der Waals surface area contributed by atoms with E-state index in [0.29, 0.717) is 28.4 Å². The van der Waals surface area contributed by atoms with Crippen molar-refractivity contribution in [3.05, 3.63) is 0 Å². The van der Waals surface area contributed by atoms with Gasteiger partial charge in [0.15, 0.2) is 0 Å². The van der Waals surface area contributed by atoms with Gasteiger partial charge in [0.05, 0.1) is 17.1 Å². The zero-order valence-corrected chi connectivity index (χ0v) is 7.97. The number of anilines is 6. The van der Waals surface area contributed by atoms with Gasteiger partial charge in [-0.15, -0.1) is 5.12 Å². The molecule has 10 nitrogen and oxygen atoms in total. The van der Waals surface area contributed by atoms with Gasteiger partial charge in [0.1, 0.15) is 17.1 Å². The fourth-order valence-electron chi connectivity index (χ4n) is 1.56. The lowest BCUT2D eigenvalue weighted by Gasteiger charge is -2.26. The maximum atomic E-state index is 5.82. The van der Waals surface area contributed by atoms with E-state index in [9.17, 15) is 0 Å². The Labute approximate surface area is 89.1 Å². The Bertz CT molecular complexity index is 488. The highest BCUT2D eigenvalue weighted by atomic mass is 15.8. The van der Waals surface area contributed by atoms with Crippen LogP contribution in [-0.2, 0) is 0 Å². The summed E-state index contributed by atoms with van der Waals surface area (Å²) in [4.78, 5) is 0. The molecule has 0 amide bonds. The molecule has 0 bridgehead atoms. The van der Waals surface area contributed by atoms with E-state index in [2.05, 4.69) is 31.7 Å². The molecule has 0 saturated heterocycles. The van der Waals surface area contributed by atoms with E-state index in [1.807, 2.05) is 0 Å². The molecule has 10 heteroatoms. The highest BCUT2D eigenvalue weighted by Crippen LogP contribution is 2.50. The second kappa shape index (κ2) is 2.62. The number of nitrogen functional groups attached to an aromatic ring is 3. The van der Waals surface area contributed by atoms with Crippen LogP contribution < -0.4 is 33.2 Å². The molecule has 2 aliphatic heterocycles. The Morgan fingerprint density at radius 3 is 1.81 bits per heavy atom. The maximum absolute atomic E-state index is 5.82. The first-order valence-electron chi connectivity index (χ1n) is 4.34. The van der Waals surface area contributed by atoms with E-state index in [1.54, 1.807) is 0 Å². The fraction of sp³-hybridized carbons (Fsp3) is 0. The minimum absolute atomic E-state index is 0.267. The van der Waals surface area contributed by atoms with Crippen LogP contribution in [0.4, 0.5) is 34.1 Å². The summed E-state index contributed by atoms with van der Waals surface area (Å²) in [6, 6.07) is 0. The zero-order valence-electron chi connectivity index (χ0n) is 7.97.